The molecule has 5 heteroatoms. The van der Waals surface area contributed by atoms with E-state index in [0.717, 1.165) is 6.54 Å². The molecule has 17 heavy (non-hydrogen) atoms. The molecule has 0 saturated carbocycles. The lowest BCUT2D eigenvalue weighted by molar-refractivity contribution is 0.0996. The molecule has 96 valence electrons. The summed E-state index contributed by atoms with van der Waals surface area (Å²) in [5.41, 5.74) is 0.400. The molecule has 0 amide bonds. The van der Waals surface area contributed by atoms with Crippen molar-refractivity contribution in [3.8, 4) is 0 Å². The van der Waals surface area contributed by atoms with E-state index in [1.807, 2.05) is 0 Å². The summed E-state index contributed by atoms with van der Waals surface area (Å²) < 4.78 is -1.86. The largest absolute Gasteiger partial charge is 0.310 e. The number of carbonyl (C=O) groups is 1. The maximum absolute atomic E-state index is 11.3. The van der Waals surface area contributed by atoms with Gasteiger partial charge >= 0.3 is 0 Å². The van der Waals surface area contributed by atoms with Crippen LogP contribution in [0.15, 0.2) is 30.3 Å². The van der Waals surface area contributed by atoms with Gasteiger partial charge < -0.3 is 4.90 Å². The molecular weight excluding hydrogens is 280 g/mol. The summed E-state index contributed by atoms with van der Waals surface area (Å²) in [5.74, 6) is -0.506. The van der Waals surface area contributed by atoms with E-state index >= 15 is 0 Å². The molecule has 2 nitrogen and oxygen atoms in total. The molecule has 1 aromatic rings. The van der Waals surface area contributed by atoms with Crippen molar-refractivity contribution < 1.29 is 4.79 Å². The van der Waals surface area contributed by atoms with Gasteiger partial charge in [0.15, 0.2) is 0 Å². The quantitative estimate of drug-likeness (QED) is 0.611. The predicted octanol–water partition coefficient (Wildman–Crippen LogP) is 3.81. The molecule has 0 bridgehead atoms. The van der Waals surface area contributed by atoms with Gasteiger partial charge in [-0.3, -0.25) is 4.79 Å². The third-order valence-corrected chi connectivity index (χ3v) is 2.44. The van der Waals surface area contributed by atoms with Gasteiger partial charge in [-0.1, -0.05) is 72.1 Å². The van der Waals surface area contributed by atoms with Gasteiger partial charge in [0, 0.05) is 5.56 Å². The second-order valence-corrected chi connectivity index (χ2v) is 5.87. The predicted molar refractivity (Wildman–Crippen MR) is 75.3 cm³/mol. The molecule has 0 unspecified atom stereocenters. The zero-order valence-corrected chi connectivity index (χ0v) is 12.4. The fourth-order valence-corrected chi connectivity index (χ4v) is 1.08. The Labute approximate surface area is 117 Å². The number of rotatable bonds is 2. The fraction of sp³-hybridized carbons (Fsp3) is 0.417. The second kappa shape index (κ2) is 7.93. The summed E-state index contributed by atoms with van der Waals surface area (Å²) in [6.45, 7) is 3.26. The molecule has 0 fully saturated rings. The Balaban J connectivity index is 0.000000437. The molecule has 0 saturated heterocycles. The van der Waals surface area contributed by atoms with Crippen LogP contribution in [0.1, 0.15) is 17.3 Å². The monoisotopic (exact) mass is 295 g/mol. The minimum absolute atomic E-state index is 0.400. The summed E-state index contributed by atoms with van der Waals surface area (Å²) in [6, 6.07) is 8.41. The van der Waals surface area contributed by atoms with E-state index in [9.17, 15) is 4.79 Å². The summed E-state index contributed by atoms with van der Waals surface area (Å²) >= 11 is 16.2. The van der Waals surface area contributed by atoms with Crippen molar-refractivity contribution in [2.24, 2.45) is 0 Å². The number of halogens is 3. The average Bonchev–Trinajstić information content (AvgIpc) is 2.29. The highest BCUT2D eigenvalue weighted by atomic mass is 35.6. The molecule has 0 aliphatic rings. The summed E-state index contributed by atoms with van der Waals surface area (Å²) in [7, 11) is 4.11. The van der Waals surface area contributed by atoms with Gasteiger partial charge in [0.2, 0.25) is 5.78 Å². The normalized spacial score (nSPS) is 10.8. The van der Waals surface area contributed by atoms with Crippen molar-refractivity contribution >= 4 is 40.6 Å². The van der Waals surface area contributed by atoms with Crippen molar-refractivity contribution in [2.75, 3.05) is 20.6 Å². The van der Waals surface area contributed by atoms with Gasteiger partial charge in [-0.25, -0.2) is 0 Å². The van der Waals surface area contributed by atoms with Crippen molar-refractivity contribution in [3.05, 3.63) is 35.9 Å². The Morgan fingerprint density at radius 3 is 1.88 bits per heavy atom. The number of ketones is 1. The van der Waals surface area contributed by atoms with E-state index < -0.39 is 9.58 Å². The van der Waals surface area contributed by atoms with Crippen molar-refractivity contribution in [3.63, 3.8) is 0 Å². The molecule has 0 radical (unpaired) electrons. The first-order valence-electron chi connectivity index (χ1n) is 5.10. The maximum Gasteiger partial charge on any atom is 0.253 e. The van der Waals surface area contributed by atoms with Crippen LogP contribution in [-0.4, -0.2) is 35.1 Å². The fourth-order valence-electron chi connectivity index (χ4n) is 0.753. The van der Waals surface area contributed by atoms with Crippen LogP contribution in [0.4, 0.5) is 0 Å². The van der Waals surface area contributed by atoms with E-state index in [1.165, 1.54) is 0 Å². The van der Waals surface area contributed by atoms with Crippen molar-refractivity contribution in [2.45, 2.75) is 10.7 Å². The van der Waals surface area contributed by atoms with Gasteiger partial charge in [-0.05, 0) is 20.6 Å². The van der Waals surface area contributed by atoms with Gasteiger partial charge in [-0.2, -0.15) is 0 Å². The van der Waals surface area contributed by atoms with Crippen LogP contribution in [0.2, 0.25) is 0 Å². The zero-order valence-electron chi connectivity index (χ0n) is 10.1. The third kappa shape index (κ3) is 7.61. The third-order valence-electron chi connectivity index (χ3n) is 1.93. The van der Waals surface area contributed by atoms with Crippen LogP contribution < -0.4 is 0 Å². The van der Waals surface area contributed by atoms with E-state index in [2.05, 4.69) is 25.9 Å². The number of hydrogen-bond acceptors (Lipinski definition) is 2. The van der Waals surface area contributed by atoms with Gasteiger partial charge in [0.25, 0.3) is 3.79 Å². The van der Waals surface area contributed by atoms with Crippen LogP contribution in [-0.2, 0) is 0 Å². The number of carbonyl (C=O) groups excluding carboxylic acids is 1. The maximum atomic E-state index is 11.3. The highest BCUT2D eigenvalue weighted by Crippen LogP contribution is 2.30. The van der Waals surface area contributed by atoms with Crippen LogP contribution in [0.25, 0.3) is 0 Å². The molecule has 0 aliphatic heterocycles. The van der Waals surface area contributed by atoms with E-state index in [0.29, 0.717) is 5.56 Å². The standard InChI is InChI=1S/C8H5Cl3O.C4H11N/c9-8(10,11)7(12)6-4-2-1-3-5-6;1-4-5(2)3/h1-5H;4H2,1-3H3. The van der Waals surface area contributed by atoms with Crippen molar-refractivity contribution in [1.29, 1.82) is 0 Å². The molecule has 0 atom stereocenters. The van der Waals surface area contributed by atoms with Gasteiger partial charge in [-0.15, -0.1) is 0 Å². The number of benzene rings is 1. The van der Waals surface area contributed by atoms with E-state index in [4.69, 9.17) is 34.8 Å². The first-order chi connectivity index (χ1) is 7.79. The van der Waals surface area contributed by atoms with Crippen LogP contribution in [0, 0.1) is 0 Å². The molecule has 1 aromatic carbocycles. The number of Topliss-reactive ketones (excluding diaryl/α,β-unsaturated/α-hetero) is 1. The average molecular weight is 297 g/mol. The number of nitrogens with zero attached hydrogens (tertiary/aromatic N) is 1. The molecule has 1 rings (SSSR count). The molecule has 0 aromatic heterocycles. The highest BCUT2D eigenvalue weighted by Gasteiger charge is 2.31. The Morgan fingerprint density at radius 2 is 1.59 bits per heavy atom. The highest BCUT2D eigenvalue weighted by molar-refractivity contribution is 6.77. The smallest absolute Gasteiger partial charge is 0.253 e. The van der Waals surface area contributed by atoms with Gasteiger partial charge in [0.1, 0.15) is 0 Å². The molecule has 0 N–H and O–H groups in total. The second-order valence-electron chi connectivity index (χ2n) is 3.59. The lowest BCUT2D eigenvalue weighted by Gasteiger charge is -2.08. The minimum atomic E-state index is -1.86. The molecular formula is C12H16Cl3NO. The first-order valence-corrected chi connectivity index (χ1v) is 6.23. The topological polar surface area (TPSA) is 20.3 Å². The van der Waals surface area contributed by atoms with Crippen molar-refractivity contribution in [1.82, 2.24) is 4.90 Å². The Kier molecular flexibility index (Phi) is 7.80. The van der Waals surface area contributed by atoms with Gasteiger partial charge in [0.05, 0.1) is 0 Å². The summed E-state index contributed by atoms with van der Waals surface area (Å²) in [6.07, 6.45) is 0. The van der Waals surface area contributed by atoms with Crippen LogP contribution >= 0.6 is 34.8 Å². The lowest BCUT2D eigenvalue weighted by Crippen LogP contribution is -2.18. The first kappa shape index (κ1) is 16.7. The van der Waals surface area contributed by atoms with Crippen LogP contribution in [0.5, 0.6) is 0 Å². The zero-order chi connectivity index (χ0) is 13.5. The Morgan fingerprint density at radius 1 is 1.18 bits per heavy atom. The minimum Gasteiger partial charge on any atom is -0.310 e. The number of alkyl halides is 3. The summed E-state index contributed by atoms with van der Waals surface area (Å²) in [5, 5.41) is 0. The Hall–Kier alpha value is -0.280. The number of hydrogen-bond donors (Lipinski definition) is 0. The molecule has 0 aliphatic carbocycles. The van der Waals surface area contributed by atoms with Crippen LogP contribution in [0.3, 0.4) is 0 Å². The van der Waals surface area contributed by atoms with E-state index in [1.54, 1.807) is 30.3 Å². The Bertz CT molecular complexity index is 333. The van der Waals surface area contributed by atoms with E-state index in [-0.39, 0.29) is 0 Å². The summed E-state index contributed by atoms with van der Waals surface area (Å²) in [4.78, 5) is 13.4. The molecule has 0 spiro atoms. The lowest BCUT2D eigenvalue weighted by atomic mass is 10.1. The SMILES string of the molecule is CCN(C)C.O=C(c1ccccc1)C(Cl)(Cl)Cl. The molecule has 0 heterocycles.